The lowest BCUT2D eigenvalue weighted by atomic mass is 9.92. The third kappa shape index (κ3) is 4.38. The Kier molecular flexibility index (Phi) is 5.91. The molecule has 1 unspecified atom stereocenters. The second kappa shape index (κ2) is 7.92. The first-order chi connectivity index (χ1) is 10.2. The Morgan fingerprint density at radius 1 is 1.10 bits per heavy atom. The van der Waals surface area contributed by atoms with Crippen LogP contribution in [0.5, 0.6) is 0 Å². The van der Waals surface area contributed by atoms with Crippen molar-refractivity contribution in [1.29, 1.82) is 0 Å². The summed E-state index contributed by atoms with van der Waals surface area (Å²) in [4.78, 5) is 4.34. The molecular weight excluding hydrogens is 261 g/mol. The molecule has 21 heavy (non-hydrogen) atoms. The van der Waals surface area contributed by atoms with E-state index in [1.54, 1.807) is 12.3 Å². The molecule has 0 bridgehead atoms. The van der Waals surface area contributed by atoms with Crippen LogP contribution in [-0.2, 0) is 0 Å². The summed E-state index contributed by atoms with van der Waals surface area (Å²) in [6.07, 6.45) is 7.72. The number of hydrogen-bond acceptors (Lipinski definition) is 1. The monoisotopic (exact) mass is 285 g/mol. The topological polar surface area (TPSA) is 12.9 Å². The second-order valence-corrected chi connectivity index (χ2v) is 5.70. The van der Waals surface area contributed by atoms with Gasteiger partial charge in [0.15, 0.2) is 0 Å². The Morgan fingerprint density at radius 3 is 2.67 bits per heavy atom. The van der Waals surface area contributed by atoms with E-state index in [1.807, 2.05) is 30.3 Å². The Hall–Kier alpha value is -1.70. The highest BCUT2D eigenvalue weighted by atomic mass is 19.1. The third-order valence-corrected chi connectivity index (χ3v) is 3.98. The lowest BCUT2D eigenvalue weighted by Gasteiger charge is -2.14. The normalized spacial score (nSPS) is 12.3. The molecule has 0 saturated heterocycles. The largest absolute Gasteiger partial charge is 0.256 e. The average molecular weight is 285 g/mol. The van der Waals surface area contributed by atoms with Crippen molar-refractivity contribution >= 4 is 0 Å². The fraction of sp³-hybridized carbons (Fsp3) is 0.421. The van der Waals surface area contributed by atoms with Crippen LogP contribution in [0.4, 0.5) is 4.39 Å². The van der Waals surface area contributed by atoms with Gasteiger partial charge in [-0.1, -0.05) is 45.6 Å². The van der Waals surface area contributed by atoms with Crippen molar-refractivity contribution in [3.05, 3.63) is 54.0 Å². The van der Waals surface area contributed by atoms with Gasteiger partial charge in [-0.3, -0.25) is 4.98 Å². The summed E-state index contributed by atoms with van der Waals surface area (Å²) in [6.45, 7) is 4.33. The standard InChI is InChI=1S/C19H24FN/c1-3-4-5-6-9-15(2)17-14-16(11-12-18(17)20)19-10-7-8-13-21-19/h7-8,10-15H,3-6,9H2,1-2H3. The molecule has 1 heterocycles. The smallest absolute Gasteiger partial charge is 0.126 e. The maximum absolute atomic E-state index is 14.1. The number of nitrogens with zero attached hydrogens (tertiary/aromatic N) is 1. The van der Waals surface area contributed by atoms with Gasteiger partial charge in [-0.05, 0) is 48.2 Å². The van der Waals surface area contributed by atoms with Crippen molar-refractivity contribution in [2.24, 2.45) is 0 Å². The quantitative estimate of drug-likeness (QED) is 0.572. The van der Waals surface area contributed by atoms with E-state index in [2.05, 4.69) is 18.8 Å². The zero-order valence-electron chi connectivity index (χ0n) is 13.0. The van der Waals surface area contributed by atoms with Crippen LogP contribution in [0.15, 0.2) is 42.6 Å². The Labute approximate surface area is 127 Å². The van der Waals surface area contributed by atoms with E-state index in [1.165, 1.54) is 25.7 Å². The van der Waals surface area contributed by atoms with E-state index >= 15 is 0 Å². The number of benzene rings is 1. The molecule has 0 fully saturated rings. The van der Waals surface area contributed by atoms with Gasteiger partial charge in [0.05, 0.1) is 5.69 Å². The fourth-order valence-electron chi connectivity index (χ4n) is 2.65. The fourth-order valence-corrected chi connectivity index (χ4v) is 2.65. The van der Waals surface area contributed by atoms with Crippen LogP contribution in [0.1, 0.15) is 57.4 Å². The highest BCUT2D eigenvalue weighted by molar-refractivity contribution is 5.60. The molecule has 2 heteroatoms. The molecule has 0 aliphatic carbocycles. The molecular formula is C19H24FN. The molecule has 2 aromatic rings. The first-order valence-electron chi connectivity index (χ1n) is 7.93. The van der Waals surface area contributed by atoms with Crippen LogP contribution in [0.25, 0.3) is 11.3 Å². The van der Waals surface area contributed by atoms with Gasteiger partial charge in [0, 0.05) is 11.8 Å². The SMILES string of the molecule is CCCCCCC(C)c1cc(-c2ccccn2)ccc1F. The van der Waals surface area contributed by atoms with Crippen LogP contribution < -0.4 is 0 Å². The maximum Gasteiger partial charge on any atom is 0.126 e. The predicted octanol–water partition coefficient (Wildman–Crippen LogP) is 5.96. The summed E-state index contributed by atoms with van der Waals surface area (Å²) in [5.41, 5.74) is 2.71. The molecule has 1 atom stereocenters. The van der Waals surface area contributed by atoms with E-state index in [-0.39, 0.29) is 11.7 Å². The number of pyridine rings is 1. The molecule has 0 radical (unpaired) electrons. The first kappa shape index (κ1) is 15.7. The van der Waals surface area contributed by atoms with Crippen molar-refractivity contribution in [2.75, 3.05) is 0 Å². The molecule has 1 aromatic carbocycles. The summed E-state index contributed by atoms with van der Waals surface area (Å²) >= 11 is 0. The molecule has 112 valence electrons. The van der Waals surface area contributed by atoms with Gasteiger partial charge in [-0.25, -0.2) is 4.39 Å². The highest BCUT2D eigenvalue weighted by Crippen LogP contribution is 2.28. The van der Waals surface area contributed by atoms with E-state index < -0.39 is 0 Å². The molecule has 0 saturated carbocycles. The van der Waals surface area contributed by atoms with E-state index in [0.717, 1.165) is 23.2 Å². The summed E-state index contributed by atoms with van der Waals surface area (Å²) < 4.78 is 14.1. The Morgan fingerprint density at radius 2 is 1.95 bits per heavy atom. The molecule has 1 nitrogen and oxygen atoms in total. The molecule has 1 aromatic heterocycles. The molecule has 0 N–H and O–H groups in total. The number of unbranched alkanes of at least 4 members (excludes halogenated alkanes) is 3. The van der Waals surface area contributed by atoms with Crippen LogP contribution in [0, 0.1) is 5.82 Å². The van der Waals surface area contributed by atoms with Crippen molar-refractivity contribution in [1.82, 2.24) is 4.98 Å². The number of rotatable bonds is 7. The van der Waals surface area contributed by atoms with Gasteiger partial charge in [-0.2, -0.15) is 0 Å². The number of hydrogen-bond donors (Lipinski definition) is 0. The van der Waals surface area contributed by atoms with Gasteiger partial charge in [0.25, 0.3) is 0 Å². The van der Waals surface area contributed by atoms with Crippen molar-refractivity contribution in [3.63, 3.8) is 0 Å². The van der Waals surface area contributed by atoms with Crippen LogP contribution >= 0.6 is 0 Å². The van der Waals surface area contributed by atoms with Crippen LogP contribution in [0.3, 0.4) is 0 Å². The van der Waals surface area contributed by atoms with Crippen molar-refractivity contribution < 1.29 is 4.39 Å². The van der Waals surface area contributed by atoms with Crippen molar-refractivity contribution in [2.45, 2.75) is 51.9 Å². The van der Waals surface area contributed by atoms with Crippen LogP contribution in [-0.4, -0.2) is 4.98 Å². The molecule has 0 aliphatic rings. The summed E-state index contributed by atoms with van der Waals surface area (Å²) in [5, 5.41) is 0. The molecule has 0 spiro atoms. The van der Waals surface area contributed by atoms with E-state index in [4.69, 9.17) is 0 Å². The lowest BCUT2D eigenvalue weighted by Crippen LogP contribution is -1.99. The lowest BCUT2D eigenvalue weighted by molar-refractivity contribution is 0.544. The summed E-state index contributed by atoms with van der Waals surface area (Å²) in [7, 11) is 0. The molecule has 0 amide bonds. The summed E-state index contributed by atoms with van der Waals surface area (Å²) in [5.74, 6) is 0.156. The Balaban J connectivity index is 2.12. The Bertz CT molecular complexity index is 551. The van der Waals surface area contributed by atoms with Crippen LogP contribution in [0.2, 0.25) is 0 Å². The van der Waals surface area contributed by atoms with E-state index in [9.17, 15) is 4.39 Å². The maximum atomic E-state index is 14.1. The molecule has 2 rings (SSSR count). The zero-order chi connectivity index (χ0) is 15.1. The number of aromatic nitrogens is 1. The number of halogens is 1. The van der Waals surface area contributed by atoms with E-state index in [0.29, 0.717) is 0 Å². The highest BCUT2D eigenvalue weighted by Gasteiger charge is 2.12. The minimum Gasteiger partial charge on any atom is -0.256 e. The van der Waals surface area contributed by atoms with Crippen molar-refractivity contribution in [3.8, 4) is 11.3 Å². The predicted molar refractivity (Wildman–Crippen MR) is 86.8 cm³/mol. The van der Waals surface area contributed by atoms with Gasteiger partial charge in [0.2, 0.25) is 0 Å². The second-order valence-electron chi connectivity index (χ2n) is 5.70. The minimum atomic E-state index is -0.0994. The first-order valence-corrected chi connectivity index (χ1v) is 7.93. The summed E-state index contributed by atoms with van der Waals surface area (Å²) in [6, 6.07) is 11.2. The average Bonchev–Trinajstić information content (AvgIpc) is 2.52. The molecule has 0 aliphatic heterocycles. The zero-order valence-corrected chi connectivity index (χ0v) is 13.0. The van der Waals surface area contributed by atoms with Gasteiger partial charge < -0.3 is 0 Å². The van der Waals surface area contributed by atoms with Gasteiger partial charge in [0.1, 0.15) is 5.82 Å². The minimum absolute atomic E-state index is 0.0994. The third-order valence-electron chi connectivity index (χ3n) is 3.98. The van der Waals surface area contributed by atoms with Gasteiger partial charge in [-0.15, -0.1) is 0 Å². The van der Waals surface area contributed by atoms with Gasteiger partial charge >= 0.3 is 0 Å².